The molecule has 0 heterocycles. The van der Waals surface area contributed by atoms with Crippen LogP contribution >= 0.6 is 0 Å². The number of alkyl halides is 5. The highest BCUT2D eigenvalue weighted by atomic mass is 19.4. The van der Waals surface area contributed by atoms with Crippen LogP contribution in [0.25, 0.3) is 0 Å². The smallest absolute Gasteiger partial charge is 0.202 e. The van der Waals surface area contributed by atoms with Gasteiger partial charge in [-0.25, -0.2) is 8.78 Å². The summed E-state index contributed by atoms with van der Waals surface area (Å²) in [7, 11) is 0. The third-order valence-electron chi connectivity index (χ3n) is 1.62. The van der Waals surface area contributed by atoms with Crippen LogP contribution in [0.5, 0.6) is 0 Å². The maximum Gasteiger partial charge on any atom is 0.416 e. The monoisotopic (exact) mass is 209 g/mol. The van der Waals surface area contributed by atoms with Gasteiger partial charge in [0.15, 0.2) is 0 Å². The summed E-state index contributed by atoms with van der Waals surface area (Å²) in [6.45, 7) is 0.538. The van der Waals surface area contributed by atoms with E-state index in [-0.39, 0.29) is 0 Å². The Morgan fingerprint density at radius 2 is 1.50 bits per heavy atom. The second-order valence-electron chi connectivity index (χ2n) is 2.90. The summed E-state index contributed by atoms with van der Waals surface area (Å²) in [6.07, 6.45) is -4.61. The molecule has 1 aromatic rings. The van der Waals surface area contributed by atoms with Crippen LogP contribution in [-0.4, -0.2) is 0 Å². The lowest BCUT2D eigenvalue weighted by Crippen LogP contribution is -2.11. The summed E-state index contributed by atoms with van der Waals surface area (Å²) in [4.78, 5) is 0. The van der Waals surface area contributed by atoms with Crippen LogP contribution in [0.1, 0.15) is 18.1 Å². The van der Waals surface area contributed by atoms with Crippen LogP contribution < -0.4 is 0 Å². The van der Waals surface area contributed by atoms with Crippen molar-refractivity contribution in [2.45, 2.75) is 19.0 Å². The largest absolute Gasteiger partial charge is 0.416 e. The molecule has 1 radical (unpaired) electrons. The minimum absolute atomic E-state index is 0.427. The van der Waals surface area contributed by atoms with Gasteiger partial charge in [0.1, 0.15) is 0 Å². The lowest BCUT2D eigenvalue weighted by molar-refractivity contribution is -0.137. The van der Waals surface area contributed by atoms with Gasteiger partial charge in [-0.3, -0.25) is 0 Å². The molecule has 0 saturated carbocycles. The van der Waals surface area contributed by atoms with Crippen molar-refractivity contribution < 1.29 is 22.0 Å². The molecule has 0 nitrogen and oxygen atoms in total. The normalized spacial score (nSPS) is 13.0. The number of halogens is 5. The molecule has 0 spiro atoms. The molecule has 0 N–H and O–H groups in total. The fourth-order valence-corrected chi connectivity index (χ4v) is 0.889. The number of hydrogen-bond acceptors (Lipinski definition) is 0. The van der Waals surface area contributed by atoms with Crippen molar-refractivity contribution in [3.8, 4) is 0 Å². The van der Waals surface area contributed by atoms with Gasteiger partial charge >= 0.3 is 6.18 Å². The van der Waals surface area contributed by atoms with Crippen LogP contribution in [0, 0.1) is 6.07 Å². The highest BCUT2D eigenvalue weighted by Crippen LogP contribution is 2.33. The fraction of sp³-hybridized carbons (Fsp3) is 0.333. The van der Waals surface area contributed by atoms with Crippen molar-refractivity contribution in [3.63, 3.8) is 0 Å². The molecule has 0 bridgehead atoms. The van der Waals surface area contributed by atoms with Gasteiger partial charge in [-0.05, 0) is 24.3 Å². The summed E-state index contributed by atoms with van der Waals surface area (Å²) in [5, 5.41) is 0. The number of rotatable bonds is 1. The van der Waals surface area contributed by atoms with Gasteiger partial charge in [0.2, 0.25) is 0 Å². The van der Waals surface area contributed by atoms with E-state index in [0.717, 1.165) is 6.07 Å². The second-order valence-corrected chi connectivity index (χ2v) is 2.90. The number of hydrogen-bond donors (Lipinski definition) is 0. The molecule has 0 aliphatic rings. The van der Waals surface area contributed by atoms with Gasteiger partial charge in [-0.15, -0.1) is 0 Å². The van der Waals surface area contributed by atoms with Gasteiger partial charge in [-0.2, -0.15) is 13.2 Å². The Kier molecular flexibility index (Phi) is 2.52. The van der Waals surface area contributed by atoms with E-state index in [9.17, 15) is 22.0 Å². The van der Waals surface area contributed by atoms with Gasteiger partial charge in [0.25, 0.3) is 5.92 Å². The first kappa shape index (κ1) is 10.9. The van der Waals surface area contributed by atoms with Crippen molar-refractivity contribution >= 4 is 0 Å². The molecule has 77 valence electrons. The average Bonchev–Trinajstić information content (AvgIpc) is 2.01. The van der Waals surface area contributed by atoms with E-state index in [1.165, 1.54) is 0 Å². The maximum absolute atomic E-state index is 12.6. The van der Waals surface area contributed by atoms with Gasteiger partial charge in [-0.1, -0.05) is 0 Å². The molecule has 5 heteroatoms. The lowest BCUT2D eigenvalue weighted by atomic mass is 10.1. The minimum atomic E-state index is -4.61. The Bertz CT molecular complexity index is 291. The topological polar surface area (TPSA) is 0 Å². The maximum atomic E-state index is 12.6. The van der Waals surface area contributed by atoms with Crippen molar-refractivity contribution in [2.75, 3.05) is 0 Å². The van der Waals surface area contributed by atoms with E-state index in [4.69, 9.17) is 0 Å². The number of benzene rings is 1. The first-order valence-electron chi connectivity index (χ1n) is 3.68. The van der Waals surface area contributed by atoms with E-state index in [1.807, 2.05) is 6.07 Å². The highest BCUT2D eigenvalue weighted by molar-refractivity contribution is 5.27. The summed E-state index contributed by atoms with van der Waals surface area (Å²) in [5.41, 5.74) is -1.80. The zero-order chi connectivity index (χ0) is 11.0. The Balaban J connectivity index is 3.15. The fourth-order valence-electron chi connectivity index (χ4n) is 0.889. The van der Waals surface area contributed by atoms with Crippen LogP contribution in [0.4, 0.5) is 22.0 Å². The molecule has 0 aromatic heterocycles. The molecule has 0 aliphatic heterocycles. The van der Waals surface area contributed by atoms with Crippen molar-refractivity contribution in [3.05, 3.63) is 35.4 Å². The average molecular weight is 209 g/mol. The summed E-state index contributed by atoms with van der Waals surface area (Å²) in [5.74, 6) is -3.28. The Morgan fingerprint density at radius 1 is 1.00 bits per heavy atom. The zero-order valence-electron chi connectivity index (χ0n) is 7.12. The predicted octanol–water partition coefficient (Wildman–Crippen LogP) is 3.62. The molecule has 1 rings (SSSR count). The van der Waals surface area contributed by atoms with Gasteiger partial charge in [0.05, 0.1) is 5.56 Å². The zero-order valence-corrected chi connectivity index (χ0v) is 7.12. The molecular weight excluding hydrogens is 203 g/mol. The molecule has 1 aromatic carbocycles. The quantitative estimate of drug-likeness (QED) is 0.619. The van der Waals surface area contributed by atoms with E-state index in [2.05, 4.69) is 0 Å². The lowest BCUT2D eigenvalue weighted by Gasteiger charge is -2.12. The van der Waals surface area contributed by atoms with Crippen molar-refractivity contribution in [2.24, 2.45) is 0 Å². The molecule has 0 atom stereocenters. The Morgan fingerprint density at radius 3 is 1.93 bits per heavy atom. The highest BCUT2D eigenvalue weighted by Gasteiger charge is 2.33. The molecule has 0 amide bonds. The molecule has 0 fully saturated rings. The van der Waals surface area contributed by atoms with Crippen LogP contribution in [0.3, 0.4) is 0 Å². The Hall–Kier alpha value is -1.13. The molecule has 0 unspecified atom stereocenters. The molecule has 0 aliphatic carbocycles. The first-order chi connectivity index (χ1) is 6.21. The van der Waals surface area contributed by atoms with E-state index >= 15 is 0 Å². The van der Waals surface area contributed by atoms with Crippen molar-refractivity contribution in [1.82, 2.24) is 0 Å². The SMILES string of the molecule is CC(F)(F)c1c[c]cc(C(F)(F)F)c1. The molecule has 14 heavy (non-hydrogen) atoms. The van der Waals surface area contributed by atoms with E-state index < -0.39 is 23.2 Å². The first-order valence-corrected chi connectivity index (χ1v) is 3.68. The van der Waals surface area contributed by atoms with E-state index in [0.29, 0.717) is 19.1 Å². The standard InChI is InChI=1S/C9H6F5/c1-8(10,11)6-3-2-4-7(5-6)9(12,13)14/h3-5H,1H3. The minimum Gasteiger partial charge on any atom is -0.202 e. The van der Waals surface area contributed by atoms with E-state index in [1.54, 1.807) is 0 Å². The summed E-state index contributed by atoms with van der Waals surface area (Å²) in [6, 6.07) is 3.95. The molecule has 0 saturated heterocycles. The second kappa shape index (κ2) is 3.22. The molecular formula is C9H6F5. The van der Waals surface area contributed by atoms with Gasteiger partial charge < -0.3 is 0 Å². The summed E-state index contributed by atoms with van der Waals surface area (Å²) < 4.78 is 61.5. The summed E-state index contributed by atoms with van der Waals surface area (Å²) >= 11 is 0. The Labute approximate surface area is 77.4 Å². The van der Waals surface area contributed by atoms with Crippen LogP contribution in [0.15, 0.2) is 18.2 Å². The van der Waals surface area contributed by atoms with Crippen LogP contribution in [-0.2, 0) is 12.1 Å². The third-order valence-corrected chi connectivity index (χ3v) is 1.62. The third kappa shape index (κ3) is 2.43. The van der Waals surface area contributed by atoms with Crippen LogP contribution in [0.2, 0.25) is 0 Å². The van der Waals surface area contributed by atoms with Gasteiger partial charge in [0, 0.05) is 12.5 Å². The predicted molar refractivity (Wildman–Crippen MR) is 39.8 cm³/mol. The van der Waals surface area contributed by atoms with Crippen molar-refractivity contribution in [1.29, 1.82) is 0 Å².